The summed E-state index contributed by atoms with van der Waals surface area (Å²) >= 11 is 0. The van der Waals surface area contributed by atoms with Crippen LogP contribution in [0.2, 0.25) is 0 Å². The number of rotatable bonds is 8. The van der Waals surface area contributed by atoms with E-state index < -0.39 is 25.6 Å². The number of nitrogens with zero attached hydrogens (tertiary/aromatic N) is 4. The highest BCUT2D eigenvalue weighted by atomic mass is 32.2. The number of benzene rings is 2. The zero-order chi connectivity index (χ0) is 22.6. The van der Waals surface area contributed by atoms with E-state index in [4.69, 9.17) is 0 Å². The zero-order valence-electron chi connectivity index (χ0n) is 16.5. The van der Waals surface area contributed by atoms with Gasteiger partial charge in [-0.25, -0.2) is 8.42 Å². The first kappa shape index (κ1) is 22.2. The van der Waals surface area contributed by atoms with Crippen LogP contribution in [-0.2, 0) is 10.0 Å². The molecule has 0 bridgehead atoms. The van der Waals surface area contributed by atoms with Crippen LogP contribution < -0.4 is 10.2 Å². The van der Waals surface area contributed by atoms with Gasteiger partial charge in [0.05, 0.1) is 9.85 Å². The third kappa shape index (κ3) is 4.64. The van der Waals surface area contributed by atoms with Crippen molar-refractivity contribution in [2.75, 3.05) is 42.9 Å². The normalized spacial score (nSPS) is 14.8. The Kier molecular flexibility index (Phi) is 6.51. The van der Waals surface area contributed by atoms with Crippen LogP contribution in [0.5, 0.6) is 0 Å². The van der Waals surface area contributed by atoms with Gasteiger partial charge in [0.25, 0.3) is 11.4 Å². The van der Waals surface area contributed by atoms with Crippen LogP contribution in [0.1, 0.15) is 0 Å². The van der Waals surface area contributed by atoms with E-state index >= 15 is 0 Å². The maximum absolute atomic E-state index is 13.0. The number of hydrogen-bond donors (Lipinski definition) is 1. The van der Waals surface area contributed by atoms with E-state index in [-0.39, 0.29) is 23.7 Å². The first-order valence-electron chi connectivity index (χ1n) is 9.37. The molecule has 31 heavy (non-hydrogen) atoms. The molecule has 0 aliphatic carbocycles. The number of para-hydroxylation sites is 1. The predicted molar refractivity (Wildman–Crippen MR) is 116 cm³/mol. The molecule has 1 aliphatic rings. The Morgan fingerprint density at radius 1 is 1.00 bits per heavy atom. The van der Waals surface area contributed by atoms with Crippen LogP contribution >= 0.6 is 0 Å². The van der Waals surface area contributed by atoms with Gasteiger partial charge < -0.3 is 10.2 Å². The number of nitro benzene ring substituents is 2. The Labute approximate surface area is 178 Å². The van der Waals surface area contributed by atoms with Gasteiger partial charge in [-0.2, -0.15) is 4.31 Å². The van der Waals surface area contributed by atoms with Crippen molar-refractivity contribution in [2.24, 2.45) is 0 Å². The van der Waals surface area contributed by atoms with Crippen molar-refractivity contribution in [2.45, 2.75) is 4.90 Å². The Bertz CT molecular complexity index is 1110. The number of nitro groups is 2. The lowest BCUT2D eigenvalue weighted by molar-refractivity contribution is -0.387. The SMILES string of the molecule is C=CCNc1cc(N2CCN(S(=O)(=O)c3ccccc3[N+](=O)[O-])CC2)ccc1[N+](=O)[O-]. The van der Waals surface area contributed by atoms with E-state index in [2.05, 4.69) is 11.9 Å². The smallest absolute Gasteiger partial charge is 0.292 e. The summed E-state index contributed by atoms with van der Waals surface area (Å²) in [4.78, 5) is 22.9. The van der Waals surface area contributed by atoms with Gasteiger partial charge in [0.1, 0.15) is 5.69 Å². The Balaban J connectivity index is 1.79. The van der Waals surface area contributed by atoms with Crippen molar-refractivity contribution in [1.82, 2.24) is 4.31 Å². The first-order chi connectivity index (χ1) is 14.8. The highest BCUT2D eigenvalue weighted by molar-refractivity contribution is 7.89. The minimum atomic E-state index is -4.03. The highest BCUT2D eigenvalue weighted by Crippen LogP contribution is 2.31. The molecule has 0 saturated carbocycles. The molecule has 164 valence electrons. The third-order valence-electron chi connectivity index (χ3n) is 4.90. The molecule has 1 heterocycles. The quantitative estimate of drug-likeness (QED) is 0.370. The molecule has 12 heteroatoms. The summed E-state index contributed by atoms with van der Waals surface area (Å²) < 4.78 is 27.1. The van der Waals surface area contributed by atoms with E-state index in [1.807, 2.05) is 4.90 Å². The summed E-state index contributed by atoms with van der Waals surface area (Å²) in [6, 6.07) is 9.92. The number of sulfonamides is 1. The molecule has 3 rings (SSSR count). The Hall–Kier alpha value is -3.51. The molecule has 1 aliphatic heterocycles. The minimum absolute atomic E-state index is 0.0665. The van der Waals surface area contributed by atoms with Gasteiger partial charge in [-0.3, -0.25) is 20.2 Å². The number of nitrogens with one attached hydrogen (secondary N) is 1. The predicted octanol–water partition coefficient (Wildman–Crippen LogP) is 2.61. The Morgan fingerprint density at radius 2 is 1.65 bits per heavy atom. The standard InChI is InChI=1S/C19H21N5O6S/c1-2-9-20-16-14-15(7-8-17(16)23(25)26)21-10-12-22(13-11-21)31(29,30)19-6-4-3-5-18(19)24(27)28/h2-8,14,20H,1,9-13H2. The molecule has 2 aromatic carbocycles. The maximum atomic E-state index is 13.0. The summed E-state index contributed by atoms with van der Waals surface area (Å²) in [6.45, 7) is 4.86. The second-order valence-corrected chi connectivity index (χ2v) is 8.65. The summed E-state index contributed by atoms with van der Waals surface area (Å²) in [7, 11) is -4.03. The summed E-state index contributed by atoms with van der Waals surface area (Å²) in [5, 5.41) is 25.4. The monoisotopic (exact) mass is 447 g/mol. The van der Waals surface area contributed by atoms with Crippen molar-refractivity contribution in [1.29, 1.82) is 0 Å². The minimum Gasteiger partial charge on any atom is -0.376 e. The highest BCUT2D eigenvalue weighted by Gasteiger charge is 2.33. The largest absolute Gasteiger partial charge is 0.376 e. The summed E-state index contributed by atoms with van der Waals surface area (Å²) in [5.74, 6) is 0. The van der Waals surface area contributed by atoms with E-state index in [0.29, 0.717) is 31.0 Å². The van der Waals surface area contributed by atoms with Crippen LogP contribution in [0.25, 0.3) is 0 Å². The van der Waals surface area contributed by atoms with Gasteiger partial charge in [-0.15, -0.1) is 6.58 Å². The maximum Gasteiger partial charge on any atom is 0.292 e. The van der Waals surface area contributed by atoms with E-state index in [9.17, 15) is 28.6 Å². The van der Waals surface area contributed by atoms with Gasteiger partial charge in [-0.1, -0.05) is 18.2 Å². The zero-order valence-corrected chi connectivity index (χ0v) is 17.3. The topological polar surface area (TPSA) is 139 Å². The Morgan fingerprint density at radius 3 is 2.26 bits per heavy atom. The van der Waals surface area contributed by atoms with Gasteiger partial charge in [0.2, 0.25) is 10.0 Å². The van der Waals surface area contributed by atoms with Crippen molar-refractivity contribution < 1.29 is 18.3 Å². The summed E-state index contributed by atoms with van der Waals surface area (Å²) in [5.41, 5.74) is 0.527. The van der Waals surface area contributed by atoms with E-state index in [0.717, 1.165) is 6.07 Å². The van der Waals surface area contributed by atoms with E-state index in [1.165, 1.54) is 28.6 Å². The lowest BCUT2D eigenvalue weighted by atomic mass is 10.2. The van der Waals surface area contributed by atoms with Gasteiger partial charge in [-0.05, 0) is 18.2 Å². The van der Waals surface area contributed by atoms with Crippen molar-refractivity contribution in [3.05, 3.63) is 75.3 Å². The lowest BCUT2D eigenvalue weighted by Crippen LogP contribution is -2.48. The molecule has 0 spiro atoms. The van der Waals surface area contributed by atoms with Crippen LogP contribution in [0.15, 0.2) is 60.0 Å². The van der Waals surface area contributed by atoms with E-state index in [1.54, 1.807) is 18.2 Å². The fourth-order valence-electron chi connectivity index (χ4n) is 3.36. The van der Waals surface area contributed by atoms with Crippen LogP contribution in [0, 0.1) is 20.2 Å². The van der Waals surface area contributed by atoms with Crippen LogP contribution in [0.3, 0.4) is 0 Å². The van der Waals surface area contributed by atoms with Crippen LogP contribution in [0.4, 0.5) is 22.7 Å². The molecule has 0 atom stereocenters. The molecule has 1 fully saturated rings. The molecule has 1 N–H and O–H groups in total. The van der Waals surface area contributed by atoms with Gasteiger partial charge >= 0.3 is 0 Å². The molecule has 0 amide bonds. The fraction of sp³-hybridized carbons (Fsp3) is 0.263. The number of anilines is 2. The average molecular weight is 447 g/mol. The number of piperazine rings is 1. The molecule has 0 unspecified atom stereocenters. The first-order valence-corrected chi connectivity index (χ1v) is 10.8. The van der Waals surface area contributed by atoms with Crippen molar-refractivity contribution >= 4 is 32.8 Å². The molecule has 1 saturated heterocycles. The second kappa shape index (κ2) is 9.10. The lowest BCUT2D eigenvalue weighted by Gasteiger charge is -2.35. The average Bonchev–Trinajstić information content (AvgIpc) is 2.77. The molecule has 0 radical (unpaired) electrons. The van der Waals surface area contributed by atoms with Gasteiger partial charge in [0.15, 0.2) is 4.90 Å². The number of hydrogen-bond acceptors (Lipinski definition) is 8. The van der Waals surface area contributed by atoms with Crippen LogP contribution in [-0.4, -0.2) is 55.3 Å². The summed E-state index contributed by atoms with van der Waals surface area (Å²) in [6.07, 6.45) is 1.59. The molecule has 0 aromatic heterocycles. The second-order valence-electron chi connectivity index (χ2n) is 6.74. The molecule has 2 aromatic rings. The molecular formula is C19H21N5O6S. The molecule has 11 nitrogen and oxygen atoms in total. The molecular weight excluding hydrogens is 426 g/mol. The van der Waals surface area contributed by atoms with Crippen molar-refractivity contribution in [3.8, 4) is 0 Å². The van der Waals surface area contributed by atoms with Crippen molar-refractivity contribution in [3.63, 3.8) is 0 Å². The fourth-order valence-corrected chi connectivity index (χ4v) is 4.94. The third-order valence-corrected chi connectivity index (χ3v) is 6.84. The van der Waals surface area contributed by atoms with Gasteiger partial charge in [0, 0.05) is 50.5 Å².